The SMILES string of the molecule is C=C(C)C#CC(c1c(C(F)(F)F)ccc(Cl)c1F)N1CC[C@H](CC(=O)O)C[C@@H]1c1ccc(C(F)(F)F)cc1. The normalized spacial score (nSPS) is 19.4. The molecule has 0 saturated carbocycles. The van der Waals surface area contributed by atoms with Crippen LogP contribution in [0.5, 0.6) is 0 Å². The molecule has 3 rings (SSSR count). The van der Waals surface area contributed by atoms with Crippen molar-refractivity contribution in [2.75, 3.05) is 6.54 Å². The maximum Gasteiger partial charge on any atom is 0.416 e. The van der Waals surface area contributed by atoms with E-state index >= 15 is 4.39 Å². The molecule has 0 radical (unpaired) electrons. The molecule has 1 aliphatic rings. The second kappa shape index (κ2) is 11.4. The Morgan fingerprint density at radius 2 is 1.76 bits per heavy atom. The van der Waals surface area contributed by atoms with Gasteiger partial charge in [0, 0.05) is 24.6 Å². The number of likely N-dealkylation sites (tertiary alicyclic amines) is 1. The van der Waals surface area contributed by atoms with Crippen LogP contribution in [0.4, 0.5) is 30.7 Å². The molecule has 3 nitrogen and oxygen atoms in total. The highest BCUT2D eigenvalue weighted by Gasteiger charge is 2.42. The van der Waals surface area contributed by atoms with E-state index in [1.807, 2.05) is 0 Å². The zero-order chi connectivity index (χ0) is 28.4. The van der Waals surface area contributed by atoms with E-state index in [4.69, 9.17) is 11.6 Å². The van der Waals surface area contributed by atoms with Gasteiger partial charge in [0.1, 0.15) is 11.9 Å². The summed E-state index contributed by atoms with van der Waals surface area (Å²) in [5, 5.41) is 8.73. The lowest BCUT2D eigenvalue weighted by atomic mass is 9.83. The van der Waals surface area contributed by atoms with E-state index in [2.05, 4.69) is 18.4 Å². The van der Waals surface area contributed by atoms with Crippen molar-refractivity contribution in [1.29, 1.82) is 0 Å². The maximum absolute atomic E-state index is 15.3. The minimum atomic E-state index is -4.96. The Labute approximate surface area is 219 Å². The predicted molar refractivity (Wildman–Crippen MR) is 128 cm³/mol. The van der Waals surface area contributed by atoms with Gasteiger partial charge < -0.3 is 5.11 Å². The van der Waals surface area contributed by atoms with Gasteiger partial charge in [-0.3, -0.25) is 9.69 Å². The first kappa shape index (κ1) is 29.5. The van der Waals surface area contributed by atoms with Gasteiger partial charge in [0.25, 0.3) is 0 Å². The monoisotopic (exact) mass is 561 g/mol. The van der Waals surface area contributed by atoms with Crippen LogP contribution >= 0.6 is 11.6 Å². The highest BCUT2D eigenvalue weighted by Crippen LogP contribution is 2.45. The van der Waals surface area contributed by atoms with Crippen molar-refractivity contribution >= 4 is 17.6 Å². The first-order valence-corrected chi connectivity index (χ1v) is 11.8. The van der Waals surface area contributed by atoms with Crippen LogP contribution in [0.25, 0.3) is 0 Å². The summed E-state index contributed by atoms with van der Waals surface area (Å²) in [6.07, 6.45) is -9.50. The lowest BCUT2D eigenvalue weighted by molar-refractivity contribution is -0.140. The molecule has 0 bridgehead atoms. The van der Waals surface area contributed by atoms with Crippen molar-refractivity contribution in [3.05, 3.63) is 81.6 Å². The molecule has 1 N–H and O–H groups in total. The third kappa shape index (κ3) is 6.88. The van der Waals surface area contributed by atoms with Crippen LogP contribution in [0.3, 0.4) is 0 Å². The summed E-state index contributed by atoms with van der Waals surface area (Å²) in [7, 11) is 0. The topological polar surface area (TPSA) is 40.5 Å². The fourth-order valence-electron chi connectivity index (χ4n) is 4.61. The van der Waals surface area contributed by atoms with Crippen LogP contribution in [0.1, 0.15) is 60.5 Å². The first-order chi connectivity index (χ1) is 17.6. The van der Waals surface area contributed by atoms with Crippen molar-refractivity contribution in [2.24, 2.45) is 5.92 Å². The van der Waals surface area contributed by atoms with E-state index in [9.17, 15) is 36.2 Å². The molecule has 11 heteroatoms. The lowest BCUT2D eigenvalue weighted by Gasteiger charge is -2.43. The molecule has 1 saturated heterocycles. The van der Waals surface area contributed by atoms with E-state index in [1.165, 1.54) is 24.0 Å². The Balaban J connectivity index is 2.21. The molecular formula is C27H23ClF7NO2. The van der Waals surface area contributed by atoms with Crippen LogP contribution in [0.15, 0.2) is 48.6 Å². The van der Waals surface area contributed by atoms with Crippen molar-refractivity contribution in [3.8, 4) is 11.8 Å². The van der Waals surface area contributed by atoms with Gasteiger partial charge in [-0.1, -0.05) is 42.2 Å². The van der Waals surface area contributed by atoms with Crippen LogP contribution in [0, 0.1) is 23.6 Å². The van der Waals surface area contributed by atoms with Gasteiger partial charge >= 0.3 is 18.3 Å². The molecule has 2 aromatic rings. The van der Waals surface area contributed by atoms with Gasteiger partial charge in [0.15, 0.2) is 0 Å². The van der Waals surface area contributed by atoms with Crippen molar-refractivity contribution in [3.63, 3.8) is 0 Å². The van der Waals surface area contributed by atoms with E-state index in [-0.39, 0.29) is 31.4 Å². The number of hydrogen-bond donors (Lipinski definition) is 1. The van der Waals surface area contributed by atoms with E-state index in [0.29, 0.717) is 11.6 Å². The second-order valence-electron chi connectivity index (χ2n) is 9.13. The van der Waals surface area contributed by atoms with Crippen molar-refractivity contribution in [2.45, 2.75) is 50.6 Å². The number of hydrogen-bond acceptors (Lipinski definition) is 2. The number of carbonyl (C=O) groups is 1. The summed E-state index contributed by atoms with van der Waals surface area (Å²) < 4.78 is 96.8. The number of allylic oxidation sites excluding steroid dienone is 1. The highest BCUT2D eigenvalue weighted by atomic mass is 35.5. The maximum atomic E-state index is 15.3. The molecule has 204 valence electrons. The highest BCUT2D eigenvalue weighted by molar-refractivity contribution is 6.30. The predicted octanol–water partition coefficient (Wildman–Crippen LogP) is 8.07. The number of alkyl halides is 6. The van der Waals surface area contributed by atoms with E-state index < -0.39 is 63.9 Å². The summed E-state index contributed by atoms with van der Waals surface area (Å²) in [5.74, 6) is 2.44. The molecule has 1 heterocycles. The number of rotatable bonds is 5. The molecule has 0 aromatic heterocycles. The number of nitrogens with zero attached hydrogens (tertiary/aromatic N) is 1. The molecule has 0 aliphatic carbocycles. The number of halogens is 8. The molecule has 1 unspecified atom stereocenters. The van der Waals surface area contributed by atoms with Gasteiger partial charge in [0.2, 0.25) is 0 Å². The standard InChI is InChI=1S/C27H23ClF7NO2/c1-15(2)3-10-21(24-19(27(33,34)35)8-9-20(28)25(24)29)36-12-11-16(14-23(37)38)13-22(36)17-4-6-18(7-5-17)26(30,31)32/h4-9,16,21-22H,1,11-14H2,2H3,(H,37,38)/t16-,21?,22+/m0/s1. The number of benzene rings is 2. The van der Waals surface area contributed by atoms with Crippen LogP contribution in [-0.4, -0.2) is 22.5 Å². The summed E-state index contributed by atoms with van der Waals surface area (Å²) in [6, 6.07) is 3.12. The average Bonchev–Trinajstić information content (AvgIpc) is 2.80. The second-order valence-corrected chi connectivity index (χ2v) is 9.54. The molecular weight excluding hydrogens is 539 g/mol. The lowest BCUT2D eigenvalue weighted by Crippen LogP contribution is -2.40. The molecule has 0 amide bonds. The van der Waals surface area contributed by atoms with Gasteiger partial charge in [-0.25, -0.2) is 4.39 Å². The summed E-state index contributed by atoms with van der Waals surface area (Å²) in [5.41, 5.74) is -2.44. The van der Waals surface area contributed by atoms with Crippen molar-refractivity contribution < 1.29 is 40.6 Å². The van der Waals surface area contributed by atoms with Crippen LogP contribution in [0.2, 0.25) is 5.02 Å². The number of aliphatic carboxylic acids is 1. The molecule has 38 heavy (non-hydrogen) atoms. The van der Waals surface area contributed by atoms with Crippen molar-refractivity contribution in [1.82, 2.24) is 4.90 Å². The zero-order valence-electron chi connectivity index (χ0n) is 20.1. The quantitative estimate of drug-likeness (QED) is 0.296. The Hall–Kier alpha value is -3.03. The minimum Gasteiger partial charge on any atom is -0.481 e. The summed E-state index contributed by atoms with van der Waals surface area (Å²) >= 11 is 5.88. The zero-order valence-corrected chi connectivity index (χ0v) is 20.8. The Morgan fingerprint density at radius 1 is 1.13 bits per heavy atom. The molecule has 1 aliphatic heterocycles. The third-order valence-electron chi connectivity index (χ3n) is 6.30. The van der Waals surface area contributed by atoms with Crippen LogP contribution in [-0.2, 0) is 17.1 Å². The van der Waals surface area contributed by atoms with E-state index in [1.54, 1.807) is 0 Å². The van der Waals surface area contributed by atoms with Gasteiger partial charge in [0.05, 0.1) is 16.1 Å². The Kier molecular flexibility index (Phi) is 8.84. The molecule has 2 aromatic carbocycles. The summed E-state index contributed by atoms with van der Waals surface area (Å²) in [4.78, 5) is 12.8. The average molecular weight is 562 g/mol. The molecule has 3 atom stereocenters. The van der Waals surface area contributed by atoms with Gasteiger partial charge in [-0.15, -0.1) is 0 Å². The number of carboxylic acids is 1. The number of piperidine rings is 1. The van der Waals surface area contributed by atoms with E-state index in [0.717, 1.165) is 18.2 Å². The molecule has 1 fully saturated rings. The fraction of sp³-hybridized carbons (Fsp3) is 0.370. The smallest absolute Gasteiger partial charge is 0.416 e. The Bertz CT molecular complexity index is 1260. The third-order valence-corrected chi connectivity index (χ3v) is 6.60. The minimum absolute atomic E-state index is 0.00240. The fourth-order valence-corrected chi connectivity index (χ4v) is 4.78. The number of carboxylic acid groups (broad SMARTS) is 1. The van der Waals surface area contributed by atoms with Gasteiger partial charge in [-0.2, -0.15) is 26.3 Å². The van der Waals surface area contributed by atoms with Crippen LogP contribution < -0.4 is 0 Å². The van der Waals surface area contributed by atoms with Gasteiger partial charge in [-0.05, 0) is 61.1 Å². The first-order valence-electron chi connectivity index (χ1n) is 11.5. The Morgan fingerprint density at radius 3 is 2.29 bits per heavy atom. The molecule has 0 spiro atoms. The largest absolute Gasteiger partial charge is 0.481 e. The summed E-state index contributed by atoms with van der Waals surface area (Å²) in [6.45, 7) is 5.14.